The summed E-state index contributed by atoms with van der Waals surface area (Å²) in [6, 6.07) is 9.98. The number of rotatable bonds is 3. The molecule has 0 saturated carbocycles. The van der Waals surface area contributed by atoms with Gasteiger partial charge in [-0.1, -0.05) is 18.2 Å². The number of furan rings is 1. The second-order valence-corrected chi connectivity index (χ2v) is 3.51. The van der Waals surface area contributed by atoms with Crippen molar-refractivity contribution >= 4 is 17.9 Å². The van der Waals surface area contributed by atoms with Crippen molar-refractivity contribution in [1.82, 2.24) is 0 Å². The minimum absolute atomic E-state index is 0.0621. The molecule has 4 nitrogen and oxygen atoms in total. The number of carbonyl (C=O) groups excluding carboxylic acids is 1. The first-order chi connectivity index (χ1) is 8.16. The molecule has 0 aliphatic rings. The topological polar surface area (TPSA) is 65.6 Å². The van der Waals surface area contributed by atoms with Gasteiger partial charge in [-0.05, 0) is 25.1 Å². The molecule has 86 valence electrons. The van der Waals surface area contributed by atoms with Gasteiger partial charge in [0.25, 0.3) is 0 Å². The smallest absolute Gasteiger partial charge is 0.145 e. The van der Waals surface area contributed by atoms with Crippen LogP contribution in [0.25, 0.3) is 0 Å². The van der Waals surface area contributed by atoms with Crippen LogP contribution in [0.3, 0.4) is 0 Å². The Kier molecular flexibility index (Phi) is 3.05. The fourth-order valence-corrected chi connectivity index (χ4v) is 1.41. The predicted molar refractivity (Wildman–Crippen MR) is 61.5 cm³/mol. The summed E-state index contributed by atoms with van der Waals surface area (Å²) in [5.74, 6) is 0.115. The normalized spacial score (nSPS) is 10.9. The molecule has 0 atom stereocenters. The highest BCUT2D eigenvalue weighted by atomic mass is 16.4. The maximum Gasteiger partial charge on any atom is 0.145 e. The largest absolute Gasteiger partial charge is 0.545 e. The van der Waals surface area contributed by atoms with Crippen LogP contribution in [0.15, 0.2) is 45.8 Å². The number of nitrogens with zero attached hydrogens (tertiary/aromatic N) is 1. The number of aryl methyl sites for hydroxylation is 1. The number of benzene rings is 1. The van der Waals surface area contributed by atoms with E-state index in [1.54, 1.807) is 24.3 Å². The molecule has 0 fully saturated rings. The molecule has 17 heavy (non-hydrogen) atoms. The molecule has 0 bridgehead atoms. The molecule has 0 spiro atoms. The van der Waals surface area contributed by atoms with Crippen molar-refractivity contribution in [2.24, 2.45) is 4.99 Å². The number of hydrogen-bond donors (Lipinski definition) is 0. The lowest BCUT2D eigenvalue weighted by Gasteiger charge is -2.04. The average Bonchev–Trinajstić information content (AvgIpc) is 2.73. The lowest BCUT2D eigenvalue weighted by atomic mass is 10.2. The van der Waals surface area contributed by atoms with E-state index in [1.807, 2.05) is 13.0 Å². The van der Waals surface area contributed by atoms with Crippen LogP contribution in [0.1, 0.15) is 21.9 Å². The van der Waals surface area contributed by atoms with Gasteiger partial charge in [0.2, 0.25) is 0 Å². The van der Waals surface area contributed by atoms with Crippen molar-refractivity contribution in [3.05, 3.63) is 53.5 Å². The number of para-hydroxylation sites is 1. The molecule has 2 rings (SSSR count). The fraction of sp³-hybridized carbons (Fsp3) is 0.0769. The molecule has 1 heterocycles. The lowest BCUT2D eigenvalue weighted by molar-refractivity contribution is -0.254. The van der Waals surface area contributed by atoms with Crippen LogP contribution in [0.2, 0.25) is 0 Å². The average molecular weight is 228 g/mol. The third-order valence-corrected chi connectivity index (χ3v) is 2.22. The zero-order valence-corrected chi connectivity index (χ0v) is 9.21. The molecule has 4 heteroatoms. The molecule has 0 unspecified atom stereocenters. The number of carboxylic acid groups (broad SMARTS) is 1. The van der Waals surface area contributed by atoms with Gasteiger partial charge in [0, 0.05) is 5.56 Å². The highest BCUT2D eigenvalue weighted by molar-refractivity contribution is 5.93. The zero-order valence-electron chi connectivity index (χ0n) is 9.21. The summed E-state index contributed by atoms with van der Waals surface area (Å²) in [7, 11) is 0. The third-order valence-electron chi connectivity index (χ3n) is 2.22. The summed E-state index contributed by atoms with van der Waals surface area (Å²) in [4.78, 5) is 14.9. The minimum atomic E-state index is -1.24. The molecule has 0 N–H and O–H groups in total. The van der Waals surface area contributed by atoms with Crippen molar-refractivity contribution in [1.29, 1.82) is 0 Å². The monoisotopic (exact) mass is 228 g/mol. The summed E-state index contributed by atoms with van der Waals surface area (Å²) >= 11 is 0. The Hall–Kier alpha value is -2.36. The summed E-state index contributed by atoms with van der Waals surface area (Å²) in [5.41, 5.74) is 0.411. The molecule has 2 aromatic rings. The van der Waals surface area contributed by atoms with E-state index < -0.39 is 5.97 Å². The van der Waals surface area contributed by atoms with Crippen LogP contribution >= 0.6 is 0 Å². The quantitative estimate of drug-likeness (QED) is 0.751. The van der Waals surface area contributed by atoms with E-state index in [1.165, 1.54) is 12.3 Å². The first kappa shape index (κ1) is 11.1. The van der Waals surface area contributed by atoms with Crippen LogP contribution in [-0.2, 0) is 0 Å². The molecular formula is C13H10NO3-. The Morgan fingerprint density at radius 3 is 2.71 bits per heavy atom. The SMILES string of the molecule is Cc1ccc(C=Nc2ccccc2C(=O)[O-])o1. The van der Waals surface area contributed by atoms with Crippen LogP contribution in [0, 0.1) is 6.92 Å². The Bertz CT molecular complexity index is 570. The number of carboxylic acids is 1. The van der Waals surface area contributed by atoms with Gasteiger partial charge in [-0.25, -0.2) is 0 Å². The summed E-state index contributed by atoms with van der Waals surface area (Å²) in [6.07, 6.45) is 1.48. The van der Waals surface area contributed by atoms with E-state index in [0.29, 0.717) is 11.4 Å². The molecule has 0 radical (unpaired) electrons. The van der Waals surface area contributed by atoms with E-state index in [2.05, 4.69) is 4.99 Å². The van der Waals surface area contributed by atoms with Gasteiger partial charge in [-0.2, -0.15) is 0 Å². The van der Waals surface area contributed by atoms with E-state index in [4.69, 9.17) is 4.42 Å². The highest BCUT2D eigenvalue weighted by Crippen LogP contribution is 2.17. The molecule has 1 aromatic carbocycles. The van der Waals surface area contributed by atoms with E-state index in [9.17, 15) is 9.90 Å². The summed E-state index contributed by atoms with van der Waals surface area (Å²) < 4.78 is 5.29. The second kappa shape index (κ2) is 4.65. The Morgan fingerprint density at radius 1 is 1.29 bits per heavy atom. The molecule has 1 aromatic heterocycles. The Morgan fingerprint density at radius 2 is 2.06 bits per heavy atom. The molecule has 0 aliphatic carbocycles. The van der Waals surface area contributed by atoms with Crippen LogP contribution in [0.5, 0.6) is 0 Å². The van der Waals surface area contributed by atoms with Crippen molar-refractivity contribution in [2.75, 3.05) is 0 Å². The van der Waals surface area contributed by atoms with Gasteiger partial charge in [-0.15, -0.1) is 0 Å². The van der Waals surface area contributed by atoms with Crippen LogP contribution in [0.4, 0.5) is 5.69 Å². The summed E-state index contributed by atoms with van der Waals surface area (Å²) in [6.45, 7) is 1.83. The van der Waals surface area contributed by atoms with Gasteiger partial charge in [0.05, 0.1) is 17.9 Å². The Balaban J connectivity index is 2.30. The lowest BCUT2D eigenvalue weighted by Crippen LogP contribution is -2.22. The first-order valence-electron chi connectivity index (χ1n) is 5.08. The van der Waals surface area contributed by atoms with Crippen molar-refractivity contribution in [2.45, 2.75) is 6.92 Å². The number of aromatic carboxylic acids is 1. The minimum Gasteiger partial charge on any atom is -0.545 e. The molecule has 0 amide bonds. The zero-order chi connectivity index (χ0) is 12.3. The van der Waals surface area contributed by atoms with Crippen molar-refractivity contribution < 1.29 is 14.3 Å². The fourth-order valence-electron chi connectivity index (χ4n) is 1.41. The Labute approximate surface area is 98.2 Å². The second-order valence-electron chi connectivity index (χ2n) is 3.51. The van der Waals surface area contributed by atoms with E-state index in [0.717, 1.165) is 5.76 Å². The van der Waals surface area contributed by atoms with E-state index in [-0.39, 0.29) is 5.56 Å². The third kappa shape index (κ3) is 2.60. The van der Waals surface area contributed by atoms with E-state index >= 15 is 0 Å². The molecule has 0 aliphatic heterocycles. The predicted octanol–water partition coefficient (Wildman–Crippen LogP) is 1.70. The summed E-state index contributed by atoms with van der Waals surface area (Å²) in [5, 5.41) is 10.8. The first-order valence-corrected chi connectivity index (χ1v) is 5.08. The van der Waals surface area contributed by atoms with Gasteiger partial charge in [0.15, 0.2) is 0 Å². The van der Waals surface area contributed by atoms with Crippen molar-refractivity contribution in [3.8, 4) is 0 Å². The molecule has 0 saturated heterocycles. The maximum atomic E-state index is 10.8. The standard InChI is InChI=1S/C13H11NO3/c1-9-6-7-10(17-9)8-14-12-5-3-2-4-11(12)13(15)16/h2-8H,1H3,(H,15,16)/p-1. The molecular weight excluding hydrogens is 218 g/mol. The maximum absolute atomic E-state index is 10.8. The van der Waals surface area contributed by atoms with Crippen LogP contribution in [-0.4, -0.2) is 12.2 Å². The highest BCUT2D eigenvalue weighted by Gasteiger charge is 2.00. The van der Waals surface area contributed by atoms with Gasteiger partial charge in [0.1, 0.15) is 11.5 Å². The van der Waals surface area contributed by atoms with Gasteiger partial charge >= 0.3 is 0 Å². The number of carbonyl (C=O) groups is 1. The van der Waals surface area contributed by atoms with Gasteiger partial charge < -0.3 is 14.3 Å². The number of hydrogen-bond acceptors (Lipinski definition) is 4. The number of aliphatic imine (C=N–C) groups is 1. The van der Waals surface area contributed by atoms with Crippen molar-refractivity contribution in [3.63, 3.8) is 0 Å². The van der Waals surface area contributed by atoms with Gasteiger partial charge in [-0.3, -0.25) is 4.99 Å². The van der Waals surface area contributed by atoms with Crippen LogP contribution < -0.4 is 5.11 Å².